The van der Waals surface area contributed by atoms with Crippen LogP contribution in [0.1, 0.15) is 24.4 Å². The summed E-state index contributed by atoms with van der Waals surface area (Å²) in [6, 6.07) is 3.68. The number of aliphatic hydroxyl groups is 1. The van der Waals surface area contributed by atoms with Crippen molar-refractivity contribution in [2.45, 2.75) is 25.0 Å². The maximum Gasteiger partial charge on any atom is 0.129 e. The first-order chi connectivity index (χ1) is 7.11. The minimum atomic E-state index is -0.730. The van der Waals surface area contributed by atoms with Gasteiger partial charge in [0.05, 0.1) is 12.1 Å². The molecular formula is C11H14Cl2FNO. The van der Waals surface area contributed by atoms with Crippen molar-refractivity contribution in [2.75, 3.05) is 0 Å². The summed E-state index contributed by atoms with van der Waals surface area (Å²) < 4.78 is 13.5. The van der Waals surface area contributed by atoms with Crippen LogP contribution in [-0.2, 0) is 0 Å². The summed E-state index contributed by atoms with van der Waals surface area (Å²) in [4.78, 5) is 0. The van der Waals surface area contributed by atoms with Crippen molar-refractivity contribution in [3.63, 3.8) is 0 Å². The average molecular weight is 266 g/mol. The fourth-order valence-electron chi connectivity index (χ4n) is 1.73. The van der Waals surface area contributed by atoms with Crippen molar-refractivity contribution < 1.29 is 9.50 Å². The molecule has 0 radical (unpaired) electrons. The first-order valence-electron chi connectivity index (χ1n) is 4.99. The van der Waals surface area contributed by atoms with Gasteiger partial charge < -0.3 is 10.8 Å². The molecule has 0 bridgehead atoms. The molecule has 0 aromatic heterocycles. The van der Waals surface area contributed by atoms with Gasteiger partial charge in [0.1, 0.15) is 5.82 Å². The number of rotatable bonds is 3. The molecule has 2 rings (SSSR count). The minimum Gasteiger partial charge on any atom is -0.391 e. The van der Waals surface area contributed by atoms with E-state index in [1.165, 1.54) is 12.1 Å². The zero-order chi connectivity index (χ0) is 11.0. The molecule has 2 nitrogen and oxygen atoms in total. The van der Waals surface area contributed by atoms with Crippen LogP contribution in [0.4, 0.5) is 4.39 Å². The van der Waals surface area contributed by atoms with Crippen LogP contribution < -0.4 is 5.73 Å². The molecule has 1 fully saturated rings. The third-order valence-electron chi connectivity index (χ3n) is 2.81. The highest BCUT2D eigenvalue weighted by Gasteiger charge is 2.35. The normalized spacial score (nSPS) is 18.8. The molecule has 0 heterocycles. The van der Waals surface area contributed by atoms with Gasteiger partial charge in [0.25, 0.3) is 0 Å². The van der Waals surface area contributed by atoms with Crippen molar-refractivity contribution >= 4 is 24.0 Å². The highest BCUT2D eigenvalue weighted by atomic mass is 35.5. The van der Waals surface area contributed by atoms with E-state index in [1.807, 2.05) is 0 Å². The molecule has 0 spiro atoms. The fraction of sp³-hybridized carbons (Fsp3) is 0.455. The third kappa shape index (κ3) is 2.66. The number of benzene rings is 1. The summed E-state index contributed by atoms with van der Waals surface area (Å²) in [6.45, 7) is 0. The molecule has 1 aliphatic rings. The van der Waals surface area contributed by atoms with Crippen LogP contribution in [0.3, 0.4) is 0 Å². The molecule has 0 amide bonds. The van der Waals surface area contributed by atoms with E-state index < -0.39 is 18.0 Å². The van der Waals surface area contributed by atoms with Gasteiger partial charge in [0.15, 0.2) is 0 Å². The van der Waals surface area contributed by atoms with Crippen LogP contribution in [0.15, 0.2) is 18.2 Å². The Hall–Kier alpha value is -0.350. The second-order valence-corrected chi connectivity index (χ2v) is 4.40. The summed E-state index contributed by atoms with van der Waals surface area (Å²) in [5.41, 5.74) is 6.03. The van der Waals surface area contributed by atoms with Crippen molar-refractivity contribution in [3.8, 4) is 0 Å². The molecule has 2 atom stereocenters. The first kappa shape index (κ1) is 13.7. The Bertz CT molecular complexity index is 351. The fourth-order valence-corrected chi connectivity index (χ4v) is 2.02. The molecule has 1 aromatic rings. The Morgan fingerprint density at radius 1 is 1.44 bits per heavy atom. The van der Waals surface area contributed by atoms with Crippen LogP contribution in [0, 0.1) is 11.7 Å². The third-order valence-corrected chi connectivity index (χ3v) is 3.14. The standard InChI is InChI=1S/C11H13ClFNO.ClH/c12-7-2-1-3-8(13)9(7)10(14)11(15)6-4-5-6;/h1-3,6,10-11,15H,4-5,14H2;1H/t10-,11+;/m0./s1. The summed E-state index contributed by atoms with van der Waals surface area (Å²) in [7, 11) is 0. The van der Waals surface area contributed by atoms with Gasteiger partial charge in [-0.1, -0.05) is 17.7 Å². The molecule has 0 unspecified atom stereocenters. The summed E-state index contributed by atoms with van der Waals surface area (Å²) in [5, 5.41) is 10.1. The summed E-state index contributed by atoms with van der Waals surface area (Å²) in [6.07, 6.45) is 1.22. The van der Waals surface area contributed by atoms with Gasteiger partial charge in [-0.3, -0.25) is 0 Å². The predicted octanol–water partition coefficient (Wildman–Crippen LogP) is 2.67. The molecule has 3 N–H and O–H groups in total. The van der Waals surface area contributed by atoms with Crippen LogP contribution in [-0.4, -0.2) is 11.2 Å². The second kappa shape index (κ2) is 5.32. The Morgan fingerprint density at radius 2 is 2.06 bits per heavy atom. The Kier molecular flexibility index (Phi) is 4.56. The van der Waals surface area contributed by atoms with Crippen molar-refractivity contribution in [1.29, 1.82) is 0 Å². The van der Waals surface area contributed by atoms with Gasteiger partial charge in [0.2, 0.25) is 0 Å². The van der Waals surface area contributed by atoms with Crippen LogP contribution in [0.5, 0.6) is 0 Å². The molecular weight excluding hydrogens is 252 g/mol. The zero-order valence-corrected chi connectivity index (χ0v) is 10.1. The Balaban J connectivity index is 0.00000128. The van der Waals surface area contributed by atoms with Gasteiger partial charge in [-0.05, 0) is 30.9 Å². The molecule has 0 aliphatic heterocycles. The quantitative estimate of drug-likeness (QED) is 0.883. The molecule has 1 aromatic carbocycles. The van der Waals surface area contributed by atoms with Crippen LogP contribution >= 0.6 is 24.0 Å². The lowest BCUT2D eigenvalue weighted by Gasteiger charge is -2.20. The number of nitrogens with two attached hydrogens (primary N) is 1. The van der Waals surface area contributed by atoms with Gasteiger partial charge in [0, 0.05) is 10.6 Å². The van der Waals surface area contributed by atoms with Crippen molar-refractivity contribution in [3.05, 3.63) is 34.6 Å². The van der Waals surface area contributed by atoms with Crippen molar-refractivity contribution in [2.24, 2.45) is 11.7 Å². The maximum atomic E-state index is 13.5. The molecule has 1 saturated carbocycles. The van der Waals surface area contributed by atoms with E-state index in [4.69, 9.17) is 17.3 Å². The molecule has 90 valence electrons. The van der Waals surface area contributed by atoms with E-state index in [0.29, 0.717) is 0 Å². The van der Waals surface area contributed by atoms with E-state index in [0.717, 1.165) is 12.8 Å². The van der Waals surface area contributed by atoms with Gasteiger partial charge >= 0.3 is 0 Å². The second-order valence-electron chi connectivity index (χ2n) is 3.99. The molecule has 5 heteroatoms. The molecule has 16 heavy (non-hydrogen) atoms. The summed E-state index contributed by atoms with van der Waals surface area (Å²) in [5.74, 6) is -0.245. The lowest BCUT2D eigenvalue weighted by atomic mass is 9.98. The zero-order valence-electron chi connectivity index (χ0n) is 8.57. The minimum absolute atomic E-state index is 0. The lowest BCUT2D eigenvalue weighted by Crippen LogP contribution is -2.29. The SMILES string of the molecule is Cl.N[C@@H](c1c(F)cccc1Cl)[C@H](O)C1CC1. The van der Waals surface area contributed by atoms with E-state index in [1.54, 1.807) is 6.07 Å². The predicted molar refractivity (Wildman–Crippen MR) is 64.3 cm³/mol. The van der Waals surface area contributed by atoms with Crippen LogP contribution in [0.2, 0.25) is 5.02 Å². The smallest absolute Gasteiger partial charge is 0.129 e. The highest BCUT2D eigenvalue weighted by molar-refractivity contribution is 6.31. The van der Waals surface area contributed by atoms with Gasteiger partial charge in [-0.15, -0.1) is 12.4 Å². The number of halogens is 3. The van der Waals surface area contributed by atoms with Gasteiger partial charge in [-0.25, -0.2) is 4.39 Å². The lowest BCUT2D eigenvalue weighted by molar-refractivity contribution is 0.121. The topological polar surface area (TPSA) is 46.2 Å². The van der Waals surface area contributed by atoms with E-state index in [9.17, 15) is 9.50 Å². The maximum absolute atomic E-state index is 13.5. The molecule has 0 saturated heterocycles. The molecule has 1 aliphatic carbocycles. The van der Waals surface area contributed by atoms with Gasteiger partial charge in [-0.2, -0.15) is 0 Å². The Morgan fingerprint density at radius 3 is 2.56 bits per heavy atom. The largest absolute Gasteiger partial charge is 0.391 e. The number of aliphatic hydroxyl groups excluding tert-OH is 1. The van der Waals surface area contributed by atoms with E-state index in [-0.39, 0.29) is 28.9 Å². The average Bonchev–Trinajstić information content (AvgIpc) is 2.99. The first-order valence-corrected chi connectivity index (χ1v) is 5.36. The van der Waals surface area contributed by atoms with Crippen molar-refractivity contribution in [1.82, 2.24) is 0 Å². The van der Waals surface area contributed by atoms with Crippen LogP contribution in [0.25, 0.3) is 0 Å². The highest BCUT2D eigenvalue weighted by Crippen LogP contribution is 2.39. The van der Waals surface area contributed by atoms with E-state index >= 15 is 0 Å². The Labute approximate surface area is 105 Å². The van der Waals surface area contributed by atoms with E-state index in [2.05, 4.69) is 0 Å². The number of hydrogen-bond acceptors (Lipinski definition) is 2. The summed E-state index contributed by atoms with van der Waals surface area (Å²) >= 11 is 5.86. The number of hydrogen-bond donors (Lipinski definition) is 2. The monoisotopic (exact) mass is 265 g/mol.